The second kappa shape index (κ2) is 8.76. The predicted molar refractivity (Wildman–Crippen MR) is 109 cm³/mol. The van der Waals surface area contributed by atoms with E-state index >= 15 is 0 Å². The molecule has 0 fully saturated rings. The third-order valence-corrected chi connectivity index (χ3v) is 4.73. The molecule has 1 aromatic carbocycles. The van der Waals surface area contributed by atoms with E-state index in [1.54, 1.807) is 11.9 Å². The van der Waals surface area contributed by atoms with Crippen LogP contribution in [0, 0.1) is 0 Å². The number of para-hydroxylation sites is 1. The summed E-state index contributed by atoms with van der Waals surface area (Å²) in [6.07, 6.45) is 0.881. The van der Waals surface area contributed by atoms with Crippen molar-refractivity contribution in [2.24, 2.45) is 0 Å². The maximum Gasteiger partial charge on any atom is 0.274 e. The van der Waals surface area contributed by atoms with Gasteiger partial charge in [0.25, 0.3) is 5.91 Å². The molecule has 1 amide bonds. The fraction of sp³-hybridized carbons (Fsp3) is 0.500. The average Bonchev–Trinajstić information content (AvgIpc) is 3.04. The van der Waals surface area contributed by atoms with Gasteiger partial charge >= 0.3 is 0 Å². The van der Waals surface area contributed by atoms with Gasteiger partial charge in [-0.05, 0) is 17.0 Å². The maximum atomic E-state index is 12.7. The Morgan fingerprint density at radius 1 is 1.30 bits per heavy atom. The van der Waals surface area contributed by atoms with Crippen LogP contribution in [0.25, 0.3) is 0 Å². The number of carbonyl (C=O) groups is 1. The summed E-state index contributed by atoms with van der Waals surface area (Å²) < 4.78 is 5.98. The van der Waals surface area contributed by atoms with Gasteiger partial charge in [0.1, 0.15) is 12.4 Å². The molecular weight excluding hydrogens is 364 g/mol. The molecule has 1 aromatic heterocycles. The Kier molecular flexibility index (Phi) is 6.89. The first kappa shape index (κ1) is 21.3. The van der Waals surface area contributed by atoms with E-state index in [9.17, 15) is 4.79 Å². The minimum atomic E-state index is -0.0705. The lowest BCUT2D eigenvalue weighted by Gasteiger charge is -2.23. The molecule has 0 spiro atoms. The van der Waals surface area contributed by atoms with Gasteiger partial charge in [0.05, 0.1) is 6.54 Å². The largest absolute Gasteiger partial charge is 0.491 e. The van der Waals surface area contributed by atoms with Crippen molar-refractivity contribution in [1.29, 1.82) is 0 Å². The van der Waals surface area contributed by atoms with Crippen molar-refractivity contribution in [3.63, 3.8) is 0 Å². The molecule has 7 heteroatoms. The third kappa shape index (κ3) is 4.82. The summed E-state index contributed by atoms with van der Waals surface area (Å²) in [5.74, 6) is 0.807. The summed E-state index contributed by atoms with van der Waals surface area (Å²) in [4.78, 5) is 14.4. The van der Waals surface area contributed by atoms with Gasteiger partial charge in [-0.25, -0.2) is 0 Å². The molecular formula is C20H29ClN4O2. The number of amides is 1. The van der Waals surface area contributed by atoms with Gasteiger partial charge in [-0.3, -0.25) is 9.89 Å². The van der Waals surface area contributed by atoms with Gasteiger partial charge in [-0.1, -0.05) is 39.0 Å². The van der Waals surface area contributed by atoms with Crippen LogP contribution in [-0.2, 0) is 18.4 Å². The van der Waals surface area contributed by atoms with Crippen LogP contribution in [0.2, 0.25) is 0 Å². The van der Waals surface area contributed by atoms with Crippen molar-refractivity contribution in [2.45, 2.75) is 39.2 Å². The summed E-state index contributed by atoms with van der Waals surface area (Å²) in [6, 6.07) is 8.08. The molecule has 0 saturated heterocycles. The molecule has 3 rings (SSSR count). The number of likely N-dealkylation sites (N-methyl/N-ethyl adjacent to an activating group) is 1. The number of nitrogens with one attached hydrogen (secondary N) is 2. The summed E-state index contributed by atoms with van der Waals surface area (Å²) in [5.41, 5.74) is 3.76. The summed E-state index contributed by atoms with van der Waals surface area (Å²) in [7, 11) is 1.79. The van der Waals surface area contributed by atoms with Gasteiger partial charge in [0.2, 0.25) is 0 Å². The van der Waals surface area contributed by atoms with Crippen LogP contribution < -0.4 is 10.1 Å². The molecule has 0 atom stereocenters. The van der Waals surface area contributed by atoms with E-state index in [0.717, 1.165) is 30.0 Å². The Morgan fingerprint density at radius 3 is 2.78 bits per heavy atom. The van der Waals surface area contributed by atoms with Crippen molar-refractivity contribution < 1.29 is 9.53 Å². The lowest BCUT2D eigenvalue weighted by Crippen LogP contribution is -2.33. The smallest absolute Gasteiger partial charge is 0.274 e. The van der Waals surface area contributed by atoms with Crippen molar-refractivity contribution in [2.75, 3.05) is 26.7 Å². The molecule has 0 bridgehead atoms. The van der Waals surface area contributed by atoms with Crippen LogP contribution in [0.3, 0.4) is 0 Å². The van der Waals surface area contributed by atoms with Crippen molar-refractivity contribution in [3.8, 4) is 5.75 Å². The number of rotatable bonds is 5. The first-order valence-electron chi connectivity index (χ1n) is 9.12. The van der Waals surface area contributed by atoms with E-state index in [1.807, 2.05) is 18.2 Å². The van der Waals surface area contributed by atoms with Crippen LogP contribution in [0.4, 0.5) is 0 Å². The van der Waals surface area contributed by atoms with Crippen LogP contribution in [0.1, 0.15) is 48.1 Å². The highest BCUT2D eigenvalue weighted by atomic mass is 35.5. The lowest BCUT2D eigenvalue weighted by molar-refractivity contribution is 0.0766. The van der Waals surface area contributed by atoms with E-state index in [0.29, 0.717) is 25.4 Å². The number of benzene rings is 1. The highest BCUT2D eigenvalue weighted by molar-refractivity contribution is 5.93. The topological polar surface area (TPSA) is 70.2 Å². The van der Waals surface area contributed by atoms with E-state index < -0.39 is 0 Å². The monoisotopic (exact) mass is 392 g/mol. The Labute approximate surface area is 167 Å². The standard InChI is InChI=1S/C20H28N4O2.ClH/c1-20(2,3)15-7-5-6-8-17(15)26-12-11-24(4)19(25)18-14-13-21-10-9-16(14)22-23-18;/h5-8,21H,9-13H2,1-4H3,(H,22,23);1H. The summed E-state index contributed by atoms with van der Waals surface area (Å²) >= 11 is 0. The number of hydrogen-bond donors (Lipinski definition) is 2. The zero-order chi connectivity index (χ0) is 18.7. The van der Waals surface area contributed by atoms with E-state index in [2.05, 4.69) is 42.4 Å². The summed E-state index contributed by atoms with van der Waals surface area (Å²) in [6.45, 7) is 9.06. The molecule has 1 aliphatic rings. The Bertz CT molecular complexity index is 783. The first-order valence-corrected chi connectivity index (χ1v) is 9.12. The molecule has 0 unspecified atom stereocenters. The number of ether oxygens (including phenoxy) is 1. The minimum absolute atomic E-state index is 0. The van der Waals surface area contributed by atoms with Gasteiger partial charge in [-0.2, -0.15) is 5.10 Å². The molecule has 1 aliphatic heterocycles. The number of fused-ring (bicyclic) bond motifs is 1. The SMILES string of the molecule is CN(CCOc1ccccc1C(C)(C)C)C(=O)c1n[nH]c2c1CNCC2.Cl. The molecule has 0 saturated carbocycles. The third-order valence-electron chi connectivity index (χ3n) is 4.73. The second-order valence-electron chi connectivity index (χ2n) is 7.78. The van der Waals surface area contributed by atoms with E-state index in [1.165, 1.54) is 5.56 Å². The minimum Gasteiger partial charge on any atom is -0.491 e. The fourth-order valence-corrected chi connectivity index (χ4v) is 3.19. The number of halogens is 1. The zero-order valence-electron chi connectivity index (χ0n) is 16.5. The first-order chi connectivity index (χ1) is 12.4. The van der Waals surface area contributed by atoms with Crippen molar-refractivity contribution in [1.82, 2.24) is 20.4 Å². The number of hydrogen-bond acceptors (Lipinski definition) is 4. The normalized spacial score (nSPS) is 13.5. The number of nitrogens with zero attached hydrogens (tertiary/aromatic N) is 2. The second-order valence-corrected chi connectivity index (χ2v) is 7.78. The number of aromatic nitrogens is 2. The Balaban J connectivity index is 0.00000261. The molecule has 2 N–H and O–H groups in total. The van der Waals surface area contributed by atoms with Crippen LogP contribution in [0.15, 0.2) is 24.3 Å². The maximum absolute atomic E-state index is 12.7. The molecule has 0 radical (unpaired) electrons. The highest BCUT2D eigenvalue weighted by Gasteiger charge is 2.24. The quantitative estimate of drug-likeness (QED) is 0.820. The molecule has 2 aromatic rings. The molecule has 27 heavy (non-hydrogen) atoms. The number of carbonyl (C=O) groups excluding carboxylic acids is 1. The molecule has 148 valence electrons. The van der Waals surface area contributed by atoms with Gasteiger partial charge in [-0.15, -0.1) is 12.4 Å². The van der Waals surface area contributed by atoms with E-state index in [4.69, 9.17) is 4.74 Å². The van der Waals surface area contributed by atoms with Crippen molar-refractivity contribution in [3.05, 3.63) is 46.8 Å². The average molecular weight is 393 g/mol. The molecule has 0 aliphatic carbocycles. The Hall–Kier alpha value is -2.05. The zero-order valence-corrected chi connectivity index (χ0v) is 17.3. The fourth-order valence-electron chi connectivity index (χ4n) is 3.19. The van der Waals surface area contributed by atoms with Crippen LogP contribution in [-0.4, -0.2) is 47.7 Å². The summed E-state index contributed by atoms with van der Waals surface area (Å²) in [5, 5.41) is 10.5. The Morgan fingerprint density at radius 2 is 2.04 bits per heavy atom. The molecule has 2 heterocycles. The number of aromatic amines is 1. The van der Waals surface area contributed by atoms with Gasteiger partial charge in [0.15, 0.2) is 5.69 Å². The van der Waals surface area contributed by atoms with Crippen molar-refractivity contribution >= 4 is 18.3 Å². The number of H-pyrrole nitrogens is 1. The van der Waals surface area contributed by atoms with Gasteiger partial charge in [0, 0.05) is 37.8 Å². The molecule has 6 nitrogen and oxygen atoms in total. The lowest BCUT2D eigenvalue weighted by atomic mass is 9.86. The van der Waals surface area contributed by atoms with Crippen LogP contribution in [0.5, 0.6) is 5.75 Å². The van der Waals surface area contributed by atoms with Crippen LogP contribution >= 0.6 is 12.4 Å². The van der Waals surface area contributed by atoms with E-state index in [-0.39, 0.29) is 23.7 Å². The predicted octanol–water partition coefficient (Wildman–Crippen LogP) is 2.93. The highest BCUT2D eigenvalue weighted by Crippen LogP contribution is 2.30. The van der Waals surface area contributed by atoms with Gasteiger partial charge < -0.3 is 15.0 Å².